The Morgan fingerprint density at radius 1 is 0.552 bits per heavy atom. The van der Waals surface area contributed by atoms with Crippen LogP contribution in [-0.4, -0.2) is 0 Å². The molecule has 0 spiro atoms. The molecule has 0 aromatic rings. The Labute approximate surface area is 190 Å². The summed E-state index contributed by atoms with van der Waals surface area (Å²) in [6, 6.07) is 0. The fourth-order valence-electron chi connectivity index (χ4n) is 1.90. The van der Waals surface area contributed by atoms with Gasteiger partial charge in [0.25, 0.3) is 0 Å². The number of hydrogen-bond donors (Lipinski definition) is 0. The zero-order valence-corrected chi connectivity index (χ0v) is 24.3. The fourth-order valence-corrected chi connectivity index (χ4v) is 1.90. The molecule has 0 nitrogen and oxygen atoms in total. The summed E-state index contributed by atoms with van der Waals surface area (Å²) in [5, 5.41) is 0. The highest BCUT2D eigenvalue weighted by atomic mass is 14.2. The second-order valence-corrected chi connectivity index (χ2v) is 9.22. The first-order valence-electron chi connectivity index (χ1n) is 13.1. The van der Waals surface area contributed by atoms with Crippen molar-refractivity contribution in [1.82, 2.24) is 0 Å². The first kappa shape index (κ1) is 39.2. The lowest BCUT2D eigenvalue weighted by atomic mass is 9.84. The molecule has 0 heterocycles. The van der Waals surface area contributed by atoms with Gasteiger partial charge in [0.2, 0.25) is 0 Å². The molecule has 0 amide bonds. The predicted octanol–water partition coefficient (Wildman–Crippen LogP) is 11.7. The minimum atomic E-state index is 0.851. The maximum atomic E-state index is 2.40. The normalized spacial score (nSPS) is 12.3. The lowest BCUT2D eigenvalue weighted by molar-refractivity contribution is 0.296. The Balaban J connectivity index is -0.0000000998. The van der Waals surface area contributed by atoms with Crippen LogP contribution in [0.25, 0.3) is 0 Å². The summed E-state index contributed by atoms with van der Waals surface area (Å²) in [6.07, 6.45) is 9.47. The molecular weight excluding hydrogens is 348 g/mol. The molecule has 0 heteroatoms. The molecular formula is C29H66. The van der Waals surface area contributed by atoms with Gasteiger partial charge in [-0.15, -0.1) is 0 Å². The van der Waals surface area contributed by atoms with E-state index in [0.29, 0.717) is 0 Å². The van der Waals surface area contributed by atoms with Crippen molar-refractivity contribution in [3.63, 3.8) is 0 Å². The van der Waals surface area contributed by atoms with Crippen molar-refractivity contribution < 1.29 is 0 Å². The molecule has 182 valence electrons. The maximum Gasteiger partial charge on any atom is -0.0417 e. The molecule has 3 unspecified atom stereocenters. The van der Waals surface area contributed by atoms with E-state index in [1.54, 1.807) is 0 Å². The van der Waals surface area contributed by atoms with Gasteiger partial charge in [-0.3, -0.25) is 0 Å². The van der Waals surface area contributed by atoms with Crippen LogP contribution in [0.3, 0.4) is 0 Å². The predicted molar refractivity (Wildman–Crippen MR) is 144 cm³/mol. The zero-order valence-electron chi connectivity index (χ0n) is 24.3. The molecule has 0 aromatic carbocycles. The lowest BCUT2D eigenvalue weighted by Gasteiger charge is -2.21. The van der Waals surface area contributed by atoms with Crippen LogP contribution in [0.2, 0.25) is 0 Å². The molecule has 0 N–H and O–H groups in total. The second-order valence-electron chi connectivity index (χ2n) is 9.22. The monoisotopic (exact) mass is 415 g/mol. The van der Waals surface area contributed by atoms with Crippen LogP contribution in [0.1, 0.15) is 156 Å². The minimum Gasteiger partial charge on any atom is -0.0778 e. The average Bonchev–Trinajstić information content (AvgIpc) is 2.68. The standard InChI is InChI=1S/C13H28.C6H12.C5H12.C3H8.C2H6/c1-7-11(4)13(6)9-8-12(5)10(2)3;1-5(2)6(3)4;1-3-5-4-2;1-3-2;1-2/h10-13H,7-9H2,1-6H3;1-4H3;3-5H2,1-2H3;3H2,1-2H3;1-2H3. The molecule has 0 aromatic heterocycles. The molecule has 0 aliphatic heterocycles. The first-order valence-corrected chi connectivity index (χ1v) is 13.1. The van der Waals surface area contributed by atoms with Gasteiger partial charge in [-0.25, -0.2) is 0 Å². The fraction of sp³-hybridized carbons (Fsp3) is 0.931. The van der Waals surface area contributed by atoms with E-state index in [-0.39, 0.29) is 0 Å². The second kappa shape index (κ2) is 32.4. The number of rotatable bonds is 8. The Hall–Kier alpha value is -0.260. The lowest BCUT2D eigenvalue weighted by Crippen LogP contribution is -2.11. The third kappa shape index (κ3) is 42.7. The van der Waals surface area contributed by atoms with Crippen LogP contribution in [-0.2, 0) is 0 Å². The molecule has 0 aliphatic rings. The van der Waals surface area contributed by atoms with E-state index >= 15 is 0 Å². The zero-order chi connectivity index (χ0) is 24.4. The molecule has 0 aliphatic carbocycles. The molecule has 29 heavy (non-hydrogen) atoms. The van der Waals surface area contributed by atoms with Crippen LogP contribution in [0.5, 0.6) is 0 Å². The summed E-state index contributed by atoms with van der Waals surface area (Å²) in [5.41, 5.74) is 2.85. The van der Waals surface area contributed by atoms with Gasteiger partial charge in [-0.1, -0.05) is 139 Å². The van der Waals surface area contributed by atoms with E-state index in [1.165, 1.54) is 56.1 Å². The number of allylic oxidation sites excluding steroid dienone is 2. The van der Waals surface area contributed by atoms with Gasteiger partial charge in [0.15, 0.2) is 0 Å². The van der Waals surface area contributed by atoms with Gasteiger partial charge in [-0.05, 0) is 51.4 Å². The highest BCUT2D eigenvalue weighted by molar-refractivity contribution is 5.02. The topological polar surface area (TPSA) is 0 Å². The number of hydrogen-bond acceptors (Lipinski definition) is 0. The van der Waals surface area contributed by atoms with Gasteiger partial charge in [0, 0.05) is 0 Å². The van der Waals surface area contributed by atoms with E-state index in [2.05, 4.69) is 96.9 Å². The minimum absolute atomic E-state index is 0.851. The van der Waals surface area contributed by atoms with Gasteiger partial charge in [-0.2, -0.15) is 0 Å². The first-order chi connectivity index (χ1) is 13.5. The molecule has 0 bridgehead atoms. The Kier molecular flexibility index (Phi) is 43.9. The summed E-state index contributed by atoms with van der Waals surface area (Å²) < 4.78 is 0. The van der Waals surface area contributed by atoms with Crippen molar-refractivity contribution in [2.45, 2.75) is 156 Å². The van der Waals surface area contributed by atoms with Crippen molar-refractivity contribution in [3.05, 3.63) is 11.1 Å². The van der Waals surface area contributed by atoms with Crippen LogP contribution < -0.4 is 0 Å². The largest absolute Gasteiger partial charge is 0.0778 e. The van der Waals surface area contributed by atoms with Crippen molar-refractivity contribution in [1.29, 1.82) is 0 Å². The Morgan fingerprint density at radius 3 is 1.03 bits per heavy atom. The van der Waals surface area contributed by atoms with Crippen molar-refractivity contribution >= 4 is 0 Å². The molecule has 0 saturated carbocycles. The van der Waals surface area contributed by atoms with Crippen LogP contribution in [0, 0.1) is 23.7 Å². The summed E-state index contributed by atoms with van der Waals surface area (Å²) >= 11 is 0. The summed E-state index contributed by atoms with van der Waals surface area (Å²) in [5.74, 6) is 3.56. The smallest absolute Gasteiger partial charge is 0.0417 e. The SMILES string of the molecule is CC.CC(C)=C(C)C.CCC.CCC(C)C(C)CCC(C)C(C)C.CCCCC. The van der Waals surface area contributed by atoms with Gasteiger partial charge < -0.3 is 0 Å². The van der Waals surface area contributed by atoms with E-state index in [0.717, 1.165) is 23.7 Å². The van der Waals surface area contributed by atoms with Gasteiger partial charge >= 0.3 is 0 Å². The average molecular weight is 415 g/mol. The van der Waals surface area contributed by atoms with E-state index in [1.807, 2.05) is 13.8 Å². The third-order valence-corrected chi connectivity index (χ3v) is 5.54. The van der Waals surface area contributed by atoms with Crippen LogP contribution in [0.15, 0.2) is 11.1 Å². The Bertz CT molecular complexity index is 264. The summed E-state index contributed by atoms with van der Waals surface area (Å²) in [4.78, 5) is 0. The molecule has 0 fully saturated rings. The molecule has 0 radical (unpaired) electrons. The molecule has 0 saturated heterocycles. The van der Waals surface area contributed by atoms with E-state index in [9.17, 15) is 0 Å². The molecule has 0 rings (SSSR count). The number of unbranched alkanes of at least 4 members (excludes halogenated alkanes) is 2. The molecule has 3 atom stereocenters. The van der Waals surface area contributed by atoms with Crippen molar-refractivity contribution in [2.24, 2.45) is 23.7 Å². The summed E-state index contributed by atoms with van der Waals surface area (Å²) in [6.45, 7) is 35.3. The van der Waals surface area contributed by atoms with E-state index < -0.39 is 0 Å². The van der Waals surface area contributed by atoms with Gasteiger partial charge in [0.1, 0.15) is 0 Å². The Morgan fingerprint density at radius 2 is 0.862 bits per heavy atom. The summed E-state index contributed by atoms with van der Waals surface area (Å²) in [7, 11) is 0. The van der Waals surface area contributed by atoms with Crippen LogP contribution >= 0.6 is 0 Å². The van der Waals surface area contributed by atoms with Crippen LogP contribution in [0.4, 0.5) is 0 Å². The van der Waals surface area contributed by atoms with Crippen molar-refractivity contribution in [3.8, 4) is 0 Å². The quantitative estimate of drug-likeness (QED) is 0.346. The van der Waals surface area contributed by atoms with Crippen molar-refractivity contribution in [2.75, 3.05) is 0 Å². The third-order valence-electron chi connectivity index (χ3n) is 5.54. The highest BCUT2D eigenvalue weighted by Gasteiger charge is 2.13. The maximum absolute atomic E-state index is 2.40. The van der Waals surface area contributed by atoms with E-state index in [4.69, 9.17) is 0 Å². The van der Waals surface area contributed by atoms with Gasteiger partial charge in [0.05, 0.1) is 0 Å². The highest BCUT2D eigenvalue weighted by Crippen LogP contribution is 2.24.